The Balaban J connectivity index is 1.36. The van der Waals surface area contributed by atoms with E-state index in [2.05, 4.69) is 20.9 Å². The lowest BCUT2D eigenvalue weighted by atomic mass is 9.80. The molecule has 1 aromatic heterocycles. The number of nitrogens with zero attached hydrogens (tertiary/aromatic N) is 1. The zero-order valence-corrected chi connectivity index (χ0v) is 17.2. The minimum absolute atomic E-state index is 0.0918. The fourth-order valence-corrected chi connectivity index (χ4v) is 4.70. The molecule has 0 saturated heterocycles. The molecule has 156 valence electrons. The van der Waals surface area contributed by atoms with E-state index in [0.29, 0.717) is 17.8 Å². The molecule has 6 nitrogen and oxygen atoms in total. The van der Waals surface area contributed by atoms with Gasteiger partial charge in [-0.2, -0.15) is 0 Å². The molecule has 0 atom stereocenters. The summed E-state index contributed by atoms with van der Waals surface area (Å²) in [5.41, 5.74) is 4.57. The number of rotatable bonds is 5. The fourth-order valence-electron chi connectivity index (χ4n) is 4.70. The van der Waals surface area contributed by atoms with Gasteiger partial charge in [-0.3, -0.25) is 14.6 Å². The molecule has 0 radical (unpaired) electrons. The van der Waals surface area contributed by atoms with Crippen LogP contribution >= 0.6 is 0 Å². The van der Waals surface area contributed by atoms with Crippen molar-refractivity contribution in [3.05, 3.63) is 83.7 Å². The summed E-state index contributed by atoms with van der Waals surface area (Å²) >= 11 is 0. The molecule has 2 heterocycles. The van der Waals surface area contributed by atoms with Crippen LogP contribution in [-0.2, 0) is 16.8 Å². The van der Waals surface area contributed by atoms with Crippen molar-refractivity contribution < 1.29 is 9.59 Å². The lowest BCUT2D eigenvalue weighted by molar-refractivity contribution is -0.120. The van der Waals surface area contributed by atoms with Crippen LogP contribution in [-0.4, -0.2) is 16.8 Å². The minimum atomic E-state index is -0.430. The maximum atomic E-state index is 13.1. The Morgan fingerprint density at radius 1 is 1.03 bits per heavy atom. The van der Waals surface area contributed by atoms with Gasteiger partial charge in [0.25, 0.3) is 5.91 Å². The topological polar surface area (TPSA) is 83.1 Å². The molecule has 6 heteroatoms. The van der Waals surface area contributed by atoms with Crippen LogP contribution in [0.2, 0.25) is 0 Å². The maximum Gasteiger partial charge on any atom is 0.257 e. The second kappa shape index (κ2) is 7.87. The molecule has 1 spiro atoms. The highest BCUT2D eigenvalue weighted by Gasteiger charge is 2.48. The van der Waals surface area contributed by atoms with Crippen LogP contribution in [0, 0.1) is 0 Å². The summed E-state index contributed by atoms with van der Waals surface area (Å²) in [6.07, 6.45) is 7.34. The Labute approximate surface area is 181 Å². The quantitative estimate of drug-likeness (QED) is 0.567. The first-order valence-corrected chi connectivity index (χ1v) is 10.6. The van der Waals surface area contributed by atoms with Crippen molar-refractivity contribution in [3.63, 3.8) is 0 Å². The first-order chi connectivity index (χ1) is 15.2. The predicted octanol–water partition coefficient (Wildman–Crippen LogP) is 4.71. The van der Waals surface area contributed by atoms with Crippen LogP contribution in [0.5, 0.6) is 0 Å². The van der Waals surface area contributed by atoms with E-state index in [9.17, 15) is 9.59 Å². The van der Waals surface area contributed by atoms with Gasteiger partial charge in [-0.15, -0.1) is 0 Å². The van der Waals surface area contributed by atoms with Gasteiger partial charge in [0, 0.05) is 36.0 Å². The summed E-state index contributed by atoms with van der Waals surface area (Å²) in [6.45, 7) is 0.599. The lowest BCUT2D eigenvalue weighted by Gasteiger charge is -2.21. The van der Waals surface area contributed by atoms with Gasteiger partial charge < -0.3 is 16.0 Å². The van der Waals surface area contributed by atoms with E-state index in [1.807, 2.05) is 48.5 Å². The minimum Gasteiger partial charge on any atom is -0.380 e. The van der Waals surface area contributed by atoms with E-state index < -0.39 is 5.41 Å². The fraction of sp³-hybridized carbons (Fsp3) is 0.240. The summed E-state index contributed by atoms with van der Waals surface area (Å²) in [5.74, 6) is -0.0929. The standard InChI is InChI=1S/C25H24N4O2/c30-23(19-5-1-2-6-21(19)27-16-17-9-13-26-14-10-17)28-18-7-8-22-20(15-18)25(24(31)29-22)11-3-4-12-25/h1-2,5-10,13-15,27H,3-4,11-12,16H2,(H,28,30)(H,29,31). The van der Waals surface area contributed by atoms with E-state index in [0.717, 1.165) is 48.2 Å². The summed E-state index contributed by atoms with van der Waals surface area (Å²) in [7, 11) is 0. The molecule has 2 aromatic carbocycles. The summed E-state index contributed by atoms with van der Waals surface area (Å²) in [4.78, 5) is 29.7. The number of hydrogen-bond donors (Lipinski definition) is 3. The second-order valence-electron chi connectivity index (χ2n) is 8.21. The van der Waals surface area contributed by atoms with Crippen molar-refractivity contribution >= 4 is 28.9 Å². The van der Waals surface area contributed by atoms with Gasteiger partial charge in [0.1, 0.15) is 0 Å². The molecule has 1 aliphatic carbocycles. The number of nitrogens with one attached hydrogen (secondary N) is 3. The van der Waals surface area contributed by atoms with Crippen LogP contribution in [0.3, 0.4) is 0 Å². The number of para-hydroxylation sites is 1. The number of carbonyl (C=O) groups is 2. The molecule has 1 aliphatic heterocycles. The molecule has 0 bridgehead atoms. The SMILES string of the molecule is O=C(Nc1ccc2c(c1)C1(CCCC1)C(=O)N2)c1ccccc1NCc1ccncc1. The molecule has 3 N–H and O–H groups in total. The molecular weight excluding hydrogens is 388 g/mol. The number of hydrogen-bond acceptors (Lipinski definition) is 4. The Bertz CT molecular complexity index is 1140. The Kier molecular flexibility index (Phi) is 4.90. The number of benzene rings is 2. The first kappa shape index (κ1) is 19.3. The van der Waals surface area contributed by atoms with Crippen LogP contribution in [0.25, 0.3) is 0 Å². The number of carbonyl (C=O) groups excluding carboxylic acids is 2. The molecular formula is C25H24N4O2. The molecule has 0 unspecified atom stereocenters. The smallest absolute Gasteiger partial charge is 0.257 e. The molecule has 1 saturated carbocycles. The number of aromatic nitrogens is 1. The van der Waals surface area contributed by atoms with Crippen LogP contribution < -0.4 is 16.0 Å². The summed E-state index contributed by atoms with van der Waals surface area (Å²) in [6, 6.07) is 17.0. The van der Waals surface area contributed by atoms with Gasteiger partial charge in [-0.1, -0.05) is 25.0 Å². The van der Waals surface area contributed by atoms with Crippen molar-refractivity contribution in [1.29, 1.82) is 0 Å². The third-order valence-electron chi connectivity index (χ3n) is 6.34. The van der Waals surface area contributed by atoms with Crippen molar-refractivity contribution in [2.24, 2.45) is 0 Å². The molecule has 1 fully saturated rings. The van der Waals surface area contributed by atoms with Gasteiger partial charge in [-0.25, -0.2) is 0 Å². The molecule has 31 heavy (non-hydrogen) atoms. The Hall–Kier alpha value is -3.67. The zero-order chi connectivity index (χ0) is 21.3. The average molecular weight is 412 g/mol. The van der Waals surface area contributed by atoms with E-state index >= 15 is 0 Å². The number of pyridine rings is 1. The third-order valence-corrected chi connectivity index (χ3v) is 6.34. The molecule has 5 rings (SSSR count). The average Bonchev–Trinajstić information content (AvgIpc) is 3.40. The van der Waals surface area contributed by atoms with Crippen molar-refractivity contribution in [2.45, 2.75) is 37.6 Å². The van der Waals surface area contributed by atoms with E-state index in [-0.39, 0.29) is 11.8 Å². The van der Waals surface area contributed by atoms with Crippen molar-refractivity contribution in [2.75, 3.05) is 16.0 Å². The van der Waals surface area contributed by atoms with Crippen molar-refractivity contribution in [1.82, 2.24) is 4.98 Å². The van der Waals surface area contributed by atoms with Gasteiger partial charge in [-0.05, 0) is 66.4 Å². The van der Waals surface area contributed by atoms with Gasteiger partial charge in [0.2, 0.25) is 5.91 Å². The molecule has 2 aliphatic rings. The predicted molar refractivity (Wildman–Crippen MR) is 121 cm³/mol. The normalized spacial score (nSPS) is 16.1. The Morgan fingerprint density at radius 2 is 1.81 bits per heavy atom. The van der Waals surface area contributed by atoms with Gasteiger partial charge in [0.05, 0.1) is 11.0 Å². The third kappa shape index (κ3) is 3.54. The van der Waals surface area contributed by atoms with E-state index in [1.165, 1.54) is 0 Å². The van der Waals surface area contributed by atoms with Gasteiger partial charge >= 0.3 is 0 Å². The highest BCUT2D eigenvalue weighted by Crippen LogP contribution is 2.49. The summed E-state index contributed by atoms with van der Waals surface area (Å²) in [5, 5.41) is 9.38. The highest BCUT2D eigenvalue weighted by molar-refractivity contribution is 6.10. The van der Waals surface area contributed by atoms with E-state index in [4.69, 9.17) is 0 Å². The lowest BCUT2D eigenvalue weighted by Crippen LogP contribution is -2.31. The van der Waals surface area contributed by atoms with Crippen LogP contribution in [0.4, 0.5) is 17.1 Å². The second-order valence-corrected chi connectivity index (χ2v) is 8.21. The van der Waals surface area contributed by atoms with Crippen molar-refractivity contribution in [3.8, 4) is 0 Å². The van der Waals surface area contributed by atoms with E-state index in [1.54, 1.807) is 18.5 Å². The maximum absolute atomic E-state index is 13.1. The number of amides is 2. The largest absolute Gasteiger partial charge is 0.380 e. The number of anilines is 3. The molecule has 2 amide bonds. The molecule has 3 aromatic rings. The highest BCUT2D eigenvalue weighted by atomic mass is 16.2. The monoisotopic (exact) mass is 412 g/mol. The van der Waals surface area contributed by atoms with Crippen LogP contribution in [0.15, 0.2) is 67.0 Å². The first-order valence-electron chi connectivity index (χ1n) is 10.6. The summed E-state index contributed by atoms with van der Waals surface area (Å²) < 4.78 is 0. The van der Waals surface area contributed by atoms with Gasteiger partial charge in [0.15, 0.2) is 0 Å². The Morgan fingerprint density at radius 3 is 2.61 bits per heavy atom. The number of fused-ring (bicyclic) bond motifs is 2. The van der Waals surface area contributed by atoms with Crippen LogP contribution in [0.1, 0.15) is 47.2 Å². The zero-order valence-electron chi connectivity index (χ0n) is 17.2.